The molecule has 0 spiro atoms. The molecular weight excluding hydrogens is 414 g/mol. The Morgan fingerprint density at radius 1 is 1.13 bits per heavy atom. The van der Waals surface area contributed by atoms with Gasteiger partial charge in [-0.15, -0.1) is 5.10 Å². The van der Waals surface area contributed by atoms with Gasteiger partial charge in [-0.1, -0.05) is 17.4 Å². The summed E-state index contributed by atoms with van der Waals surface area (Å²) >= 11 is 7.02. The molecule has 9 heteroatoms. The van der Waals surface area contributed by atoms with Gasteiger partial charge in [-0.2, -0.15) is 5.26 Å². The molecule has 1 aliphatic rings. The molecule has 154 valence electrons. The number of nitrogens with one attached hydrogen (secondary N) is 1. The van der Waals surface area contributed by atoms with Crippen LogP contribution in [-0.2, 0) is 6.67 Å². The van der Waals surface area contributed by atoms with Crippen LogP contribution in [0.2, 0.25) is 0 Å². The molecule has 3 aromatic rings. The number of piperazine rings is 1. The Balaban J connectivity index is 1.37. The van der Waals surface area contributed by atoms with Crippen LogP contribution in [0.5, 0.6) is 0 Å². The first kappa shape index (κ1) is 20.5. The topological polar surface area (TPSA) is 73.0 Å². The summed E-state index contributed by atoms with van der Waals surface area (Å²) in [7, 11) is 0. The number of hydrogen-bond donors (Lipinski definition) is 1. The fourth-order valence-electron chi connectivity index (χ4n) is 3.36. The van der Waals surface area contributed by atoms with Gasteiger partial charge >= 0.3 is 0 Å². The van der Waals surface area contributed by atoms with E-state index in [1.54, 1.807) is 12.3 Å². The highest BCUT2D eigenvalue weighted by atomic mass is 32.1. The molecule has 1 N–H and O–H groups in total. The number of aryl methyl sites for hydroxylation is 2. The highest BCUT2D eigenvalue weighted by Gasteiger charge is 2.19. The Labute approximate surface area is 185 Å². The van der Waals surface area contributed by atoms with E-state index in [1.165, 1.54) is 22.5 Å². The third-order valence-corrected chi connectivity index (χ3v) is 6.49. The number of rotatable bonds is 5. The zero-order valence-electron chi connectivity index (χ0n) is 17.0. The van der Waals surface area contributed by atoms with E-state index in [0.717, 1.165) is 46.8 Å². The molecule has 1 fully saturated rings. The minimum absolute atomic E-state index is 0.639. The predicted molar refractivity (Wildman–Crippen MR) is 123 cm³/mol. The van der Waals surface area contributed by atoms with Crippen LogP contribution in [0.3, 0.4) is 0 Å². The lowest BCUT2D eigenvalue weighted by Crippen LogP contribution is -2.47. The predicted octanol–water partition coefficient (Wildman–Crippen LogP) is 4.08. The first-order valence-electron chi connectivity index (χ1n) is 9.77. The van der Waals surface area contributed by atoms with Crippen molar-refractivity contribution >= 4 is 40.2 Å². The van der Waals surface area contributed by atoms with Crippen molar-refractivity contribution in [3.05, 3.63) is 57.2 Å². The van der Waals surface area contributed by atoms with Crippen LogP contribution in [0.4, 0.5) is 16.6 Å². The minimum atomic E-state index is 0.639. The van der Waals surface area contributed by atoms with Crippen molar-refractivity contribution in [3.8, 4) is 6.07 Å². The highest BCUT2D eigenvalue weighted by molar-refractivity contribution is 7.73. The first-order chi connectivity index (χ1) is 14.5. The molecule has 2 aromatic heterocycles. The molecule has 30 heavy (non-hydrogen) atoms. The summed E-state index contributed by atoms with van der Waals surface area (Å²) < 4.78 is 2.64. The van der Waals surface area contributed by atoms with E-state index in [0.29, 0.717) is 12.2 Å². The zero-order chi connectivity index (χ0) is 21.1. The fourth-order valence-corrected chi connectivity index (χ4v) is 4.37. The van der Waals surface area contributed by atoms with Crippen molar-refractivity contribution in [2.45, 2.75) is 20.5 Å². The van der Waals surface area contributed by atoms with Crippen LogP contribution in [0.15, 0.2) is 36.5 Å². The van der Waals surface area contributed by atoms with Gasteiger partial charge in [0.25, 0.3) is 0 Å². The molecule has 0 aliphatic carbocycles. The first-order valence-corrected chi connectivity index (χ1v) is 11.0. The van der Waals surface area contributed by atoms with Crippen molar-refractivity contribution in [2.75, 3.05) is 36.4 Å². The summed E-state index contributed by atoms with van der Waals surface area (Å²) in [5.74, 6) is 0.860. The summed E-state index contributed by atoms with van der Waals surface area (Å²) in [5, 5.41) is 17.9. The zero-order valence-corrected chi connectivity index (χ0v) is 18.6. The van der Waals surface area contributed by atoms with E-state index < -0.39 is 0 Å². The Kier molecular flexibility index (Phi) is 6.08. The maximum atomic E-state index is 9.09. The summed E-state index contributed by atoms with van der Waals surface area (Å²) in [5.41, 5.74) is 4.18. The van der Waals surface area contributed by atoms with Crippen molar-refractivity contribution < 1.29 is 0 Å². The molecular formula is C21H23N7S2. The third kappa shape index (κ3) is 4.67. The largest absolute Gasteiger partial charge is 0.354 e. The third-order valence-electron chi connectivity index (χ3n) is 5.27. The van der Waals surface area contributed by atoms with E-state index in [4.69, 9.17) is 17.5 Å². The lowest BCUT2D eigenvalue weighted by atomic mass is 10.1. The molecule has 0 amide bonds. The second kappa shape index (κ2) is 8.92. The maximum Gasteiger partial charge on any atom is 0.209 e. The Morgan fingerprint density at radius 3 is 2.67 bits per heavy atom. The van der Waals surface area contributed by atoms with Crippen LogP contribution >= 0.6 is 23.6 Å². The van der Waals surface area contributed by atoms with E-state index in [9.17, 15) is 0 Å². The van der Waals surface area contributed by atoms with Gasteiger partial charge in [-0.3, -0.25) is 4.90 Å². The van der Waals surface area contributed by atoms with E-state index >= 15 is 0 Å². The molecule has 0 bridgehead atoms. The van der Waals surface area contributed by atoms with Gasteiger partial charge in [-0.05, 0) is 61.5 Å². The highest BCUT2D eigenvalue weighted by Crippen LogP contribution is 2.23. The molecule has 1 aliphatic heterocycles. The standard InChI is InChI=1S/C21H23N7S2/c1-15-3-4-18(11-16(15)2)24-20-25-28(21(29)30-20)14-26-7-9-27(10-8-26)19-12-17(13-22)5-6-23-19/h3-6,11-12H,7-10,14H2,1-2H3,(H,24,25). The molecule has 0 radical (unpaired) electrons. The molecule has 0 saturated carbocycles. The lowest BCUT2D eigenvalue weighted by Gasteiger charge is -2.35. The van der Waals surface area contributed by atoms with Gasteiger partial charge in [0.15, 0.2) is 3.95 Å². The van der Waals surface area contributed by atoms with Gasteiger partial charge in [0.2, 0.25) is 5.13 Å². The summed E-state index contributed by atoms with van der Waals surface area (Å²) in [6.45, 7) is 8.36. The van der Waals surface area contributed by atoms with Crippen LogP contribution < -0.4 is 10.2 Å². The Hall–Kier alpha value is -2.80. The molecule has 7 nitrogen and oxygen atoms in total. The molecule has 3 heterocycles. The average Bonchev–Trinajstić information content (AvgIpc) is 3.10. The number of hydrogen-bond acceptors (Lipinski definition) is 8. The molecule has 0 atom stereocenters. The smallest absolute Gasteiger partial charge is 0.209 e. The normalized spacial score (nSPS) is 14.5. The molecule has 1 aromatic carbocycles. The van der Waals surface area contributed by atoms with Crippen LogP contribution in [0.25, 0.3) is 0 Å². The monoisotopic (exact) mass is 437 g/mol. The average molecular weight is 438 g/mol. The Morgan fingerprint density at radius 2 is 1.93 bits per heavy atom. The maximum absolute atomic E-state index is 9.09. The molecule has 1 saturated heterocycles. The van der Waals surface area contributed by atoms with Crippen molar-refractivity contribution in [3.63, 3.8) is 0 Å². The van der Waals surface area contributed by atoms with Gasteiger partial charge in [-0.25, -0.2) is 9.67 Å². The second-order valence-electron chi connectivity index (χ2n) is 7.36. The van der Waals surface area contributed by atoms with Crippen molar-refractivity contribution in [2.24, 2.45) is 0 Å². The van der Waals surface area contributed by atoms with Gasteiger partial charge in [0.05, 0.1) is 18.3 Å². The van der Waals surface area contributed by atoms with Crippen LogP contribution in [0, 0.1) is 29.1 Å². The summed E-state index contributed by atoms with van der Waals surface area (Å²) in [4.78, 5) is 8.95. The summed E-state index contributed by atoms with van der Waals surface area (Å²) in [6, 6.07) is 12.0. The number of anilines is 3. The fraction of sp³-hybridized carbons (Fsp3) is 0.333. The molecule has 0 unspecified atom stereocenters. The van der Waals surface area contributed by atoms with Gasteiger partial charge < -0.3 is 10.2 Å². The van der Waals surface area contributed by atoms with E-state index in [1.807, 2.05) is 10.7 Å². The van der Waals surface area contributed by atoms with Gasteiger partial charge in [0, 0.05) is 38.1 Å². The molecule has 4 rings (SSSR count). The number of aromatic nitrogens is 3. The lowest BCUT2D eigenvalue weighted by molar-refractivity contribution is 0.195. The number of pyridine rings is 1. The van der Waals surface area contributed by atoms with Crippen LogP contribution in [-0.4, -0.2) is 45.8 Å². The SMILES string of the molecule is Cc1ccc(Nc2nn(CN3CCN(c4cc(C#N)ccn4)CC3)c(=S)s2)cc1C. The van der Waals surface area contributed by atoms with Gasteiger partial charge in [0.1, 0.15) is 5.82 Å². The van der Waals surface area contributed by atoms with Crippen molar-refractivity contribution in [1.82, 2.24) is 19.7 Å². The quantitative estimate of drug-likeness (QED) is 0.603. The van der Waals surface area contributed by atoms with Crippen LogP contribution in [0.1, 0.15) is 16.7 Å². The van der Waals surface area contributed by atoms with E-state index in [2.05, 4.69) is 63.3 Å². The summed E-state index contributed by atoms with van der Waals surface area (Å²) in [6.07, 6.45) is 1.69. The van der Waals surface area contributed by atoms with Crippen molar-refractivity contribution in [1.29, 1.82) is 5.26 Å². The number of nitriles is 1. The second-order valence-corrected chi connectivity index (χ2v) is 8.98. The minimum Gasteiger partial charge on any atom is -0.354 e. The Bertz CT molecular complexity index is 1140. The number of nitrogens with zero attached hydrogens (tertiary/aromatic N) is 6. The number of benzene rings is 1. The van der Waals surface area contributed by atoms with E-state index in [-0.39, 0.29) is 0 Å².